The molecule has 2 aliphatic carbocycles. The fourth-order valence-corrected chi connectivity index (χ4v) is 9.55. The van der Waals surface area contributed by atoms with Gasteiger partial charge in [0.1, 0.15) is 0 Å². The van der Waals surface area contributed by atoms with Crippen LogP contribution in [0.4, 0.5) is 5.69 Å². The Morgan fingerprint density at radius 3 is 2.27 bits per heavy atom. The van der Waals surface area contributed by atoms with Crippen LogP contribution < -0.4 is 4.90 Å². The number of benzene rings is 2. The number of nitriles is 1. The normalized spacial score (nSPS) is 25.7. The highest BCUT2D eigenvalue weighted by atomic mass is 32.2. The van der Waals surface area contributed by atoms with Crippen molar-refractivity contribution in [3.8, 4) is 6.07 Å². The molecule has 4 aliphatic rings. The van der Waals surface area contributed by atoms with Gasteiger partial charge in [0.15, 0.2) is 9.84 Å². The molecule has 4 fully saturated rings. The molecular weight excluding hydrogens is 534 g/mol. The Kier molecular flexibility index (Phi) is 7.86. The molecule has 8 heteroatoms. The molecule has 2 saturated carbocycles. The van der Waals surface area contributed by atoms with Gasteiger partial charge in [-0.1, -0.05) is 36.8 Å². The second kappa shape index (κ2) is 11.4. The molecule has 2 aliphatic heterocycles. The second-order valence-electron chi connectivity index (χ2n) is 12.6. The van der Waals surface area contributed by atoms with Gasteiger partial charge in [0.2, 0.25) is 0 Å². The summed E-state index contributed by atoms with van der Waals surface area (Å²) in [4.78, 5) is 18.1. The van der Waals surface area contributed by atoms with E-state index < -0.39 is 15.3 Å². The number of hydrogen-bond acceptors (Lipinski definition) is 7. The van der Waals surface area contributed by atoms with Crippen molar-refractivity contribution in [3.63, 3.8) is 0 Å². The molecule has 6 rings (SSSR count). The largest absolute Gasteiger partial charge is 0.469 e. The standard InChI is InChI=1S/C33H41N3O4S/c1-40-32(37)30-8-5-9-31(30)33(23-34,25-6-3-2-4-7-25)26-16-18-35(19-17-26)20-24-21-36(22-24)27-10-12-28(13-11-27)41(38,39)29-14-15-29/h2-4,6-7,10-13,24,26,29-31H,5,8-9,14-22H2,1H3. The van der Waals surface area contributed by atoms with Crippen LogP contribution in [0.25, 0.3) is 0 Å². The Morgan fingerprint density at radius 1 is 0.976 bits per heavy atom. The maximum Gasteiger partial charge on any atom is 0.309 e. The van der Waals surface area contributed by atoms with Gasteiger partial charge in [-0.15, -0.1) is 0 Å². The summed E-state index contributed by atoms with van der Waals surface area (Å²) in [6, 6.07) is 20.4. The van der Waals surface area contributed by atoms with Crippen molar-refractivity contribution in [1.29, 1.82) is 5.26 Å². The van der Waals surface area contributed by atoms with Gasteiger partial charge < -0.3 is 14.5 Å². The van der Waals surface area contributed by atoms with Crippen molar-refractivity contribution in [1.82, 2.24) is 4.90 Å². The van der Waals surface area contributed by atoms with E-state index in [9.17, 15) is 18.5 Å². The van der Waals surface area contributed by atoms with E-state index in [2.05, 4.69) is 28.0 Å². The molecule has 3 unspecified atom stereocenters. The smallest absolute Gasteiger partial charge is 0.309 e. The molecule has 0 radical (unpaired) electrons. The number of sulfone groups is 1. The molecule has 2 aromatic rings. The van der Waals surface area contributed by atoms with E-state index in [4.69, 9.17) is 4.74 Å². The number of piperidine rings is 1. The molecule has 218 valence electrons. The van der Waals surface area contributed by atoms with E-state index in [0.717, 1.165) is 88.9 Å². The summed E-state index contributed by atoms with van der Waals surface area (Å²) in [5.41, 5.74) is 1.45. The number of esters is 1. The topological polar surface area (TPSA) is 90.7 Å². The number of rotatable bonds is 9. The van der Waals surface area contributed by atoms with Crippen LogP contribution in [-0.4, -0.2) is 64.4 Å². The van der Waals surface area contributed by atoms with Crippen LogP contribution >= 0.6 is 0 Å². The van der Waals surface area contributed by atoms with Gasteiger partial charge in [0, 0.05) is 31.2 Å². The number of likely N-dealkylation sites (tertiary alicyclic amines) is 1. The highest BCUT2D eigenvalue weighted by molar-refractivity contribution is 7.92. The van der Waals surface area contributed by atoms with E-state index in [1.54, 1.807) is 12.1 Å². The first-order valence-corrected chi connectivity index (χ1v) is 16.8. The molecule has 41 heavy (non-hydrogen) atoms. The second-order valence-corrected chi connectivity index (χ2v) is 14.8. The van der Waals surface area contributed by atoms with Crippen molar-refractivity contribution in [3.05, 3.63) is 60.2 Å². The molecule has 0 bridgehead atoms. The maximum absolute atomic E-state index is 12.8. The third-order valence-electron chi connectivity index (χ3n) is 10.2. The summed E-state index contributed by atoms with van der Waals surface area (Å²) >= 11 is 0. The SMILES string of the molecule is COC(=O)C1CCCC1C(C#N)(c1ccccc1)C1CCN(CC2CN(c3ccc(S(=O)(=O)C4CC4)cc3)C2)CC1. The summed E-state index contributed by atoms with van der Waals surface area (Å²) < 4.78 is 30.2. The van der Waals surface area contributed by atoms with E-state index in [1.807, 2.05) is 30.3 Å². The van der Waals surface area contributed by atoms with Gasteiger partial charge in [-0.25, -0.2) is 8.42 Å². The van der Waals surface area contributed by atoms with Gasteiger partial charge in [-0.2, -0.15) is 5.26 Å². The Bertz CT molecular complexity index is 1370. The fraction of sp³-hybridized carbons (Fsp3) is 0.576. The molecule has 0 N–H and O–H groups in total. The highest BCUT2D eigenvalue weighted by Crippen LogP contribution is 2.52. The number of methoxy groups -OCH3 is 1. The van der Waals surface area contributed by atoms with E-state index in [1.165, 1.54) is 7.11 Å². The molecule has 0 amide bonds. The van der Waals surface area contributed by atoms with Gasteiger partial charge in [0.25, 0.3) is 0 Å². The van der Waals surface area contributed by atoms with E-state index in [0.29, 0.717) is 10.8 Å². The molecule has 7 nitrogen and oxygen atoms in total. The molecule has 2 heterocycles. The number of carbonyl (C=O) groups excluding carboxylic acids is 1. The average Bonchev–Trinajstić information content (AvgIpc) is 3.75. The van der Waals surface area contributed by atoms with Crippen LogP contribution in [-0.2, 0) is 24.8 Å². The molecule has 0 aromatic heterocycles. The summed E-state index contributed by atoms with van der Waals surface area (Å²) in [6.45, 7) is 4.91. The maximum atomic E-state index is 12.8. The number of hydrogen-bond donors (Lipinski definition) is 0. The Labute approximate surface area is 244 Å². The molecule has 2 aromatic carbocycles. The monoisotopic (exact) mass is 575 g/mol. The zero-order valence-corrected chi connectivity index (χ0v) is 24.8. The summed E-state index contributed by atoms with van der Waals surface area (Å²) in [5, 5.41) is 10.7. The summed E-state index contributed by atoms with van der Waals surface area (Å²) in [7, 11) is -1.68. The van der Waals surface area contributed by atoms with Crippen molar-refractivity contribution in [2.75, 3.05) is 44.7 Å². The van der Waals surface area contributed by atoms with E-state index >= 15 is 0 Å². The first kappa shape index (κ1) is 28.2. The van der Waals surface area contributed by atoms with Gasteiger partial charge in [-0.05, 0) is 93.3 Å². The van der Waals surface area contributed by atoms with Gasteiger partial charge >= 0.3 is 5.97 Å². The number of ether oxygens (including phenoxy) is 1. The molecular formula is C33H41N3O4S. The Hall–Kier alpha value is -2.89. The van der Waals surface area contributed by atoms with Crippen LogP contribution in [0, 0.1) is 35.0 Å². The first-order valence-electron chi connectivity index (χ1n) is 15.2. The predicted octanol–water partition coefficient (Wildman–Crippen LogP) is 4.82. The molecule has 2 saturated heterocycles. The Balaban J connectivity index is 1.08. The van der Waals surface area contributed by atoms with E-state index in [-0.39, 0.29) is 29.0 Å². The number of anilines is 1. The zero-order valence-electron chi connectivity index (χ0n) is 24.0. The Morgan fingerprint density at radius 2 is 1.66 bits per heavy atom. The van der Waals surface area contributed by atoms with Crippen molar-refractivity contribution >= 4 is 21.5 Å². The van der Waals surface area contributed by atoms with Crippen LogP contribution in [0.15, 0.2) is 59.5 Å². The predicted molar refractivity (Wildman–Crippen MR) is 158 cm³/mol. The zero-order chi connectivity index (χ0) is 28.6. The minimum absolute atomic E-state index is 0.0234. The number of nitrogens with zero attached hydrogens (tertiary/aromatic N) is 3. The fourth-order valence-electron chi connectivity index (χ4n) is 7.89. The van der Waals surface area contributed by atoms with Crippen molar-refractivity contribution in [2.24, 2.45) is 23.7 Å². The minimum Gasteiger partial charge on any atom is -0.469 e. The first-order chi connectivity index (χ1) is 19.9. The van der Waals surface area contributed by atoms with Crippen molar-refractivity contribution in [2.45, 2.75) is 60.5 Å². The highest BCUT2D eigenvalue weighted by Gasteiger charge is 2.54. The van der Waals surface area contributed by atoms with Gasteiger partial charge in [-0.3, -0.25) is 4.79 Å². The van der Waals surface area contributed by atoms with Crippen LogP contribution in [0.3, 0.4) is 0 Å². The minimum atomic E-state index is -3.14. The lowest BCUT2D eigenvalue weighted by Gasteiger charge is -2.48. The lowest BCUT2D eigenvalue weighted by atomic mass is 9.58. The summed E-state index contributed by atoms with van der Waals surface area (Å²) in [5.74, 6) is 0.361. The molecule has 0 spiro atoms. The van der Waals surface area contributed by atoms with Crippen LogP contribution in [0.2, 0.25) is 0 Å². The lowest BCUT2D eigenvalue weighted by molar-refractivity contribution is -0.147. The average molecular weight is 576 g/mol. The van der Waals surface area contributed by atoms with Gasteiger partial charge in [0.05, 0.1) is 34.7 Å². The summed E-state index contributed by atoms with van der Waals surface area (Å²) in [6.07, 6.45) is 6.09. The number of carbonyl (C=O) groups is 1. The van der Waals surface area contributed by atoms with Crippen LogP contribution in [0.1, 0.15) is 50.5 Å². The quantitative estimate of drug-likeness (QED) is 0.396. The third-order valence-corrected chi connectivity index (χ3v) is 12.5. The van der Waals surface area contributed by atoms with Crippen molar-refractivity contribution < 1.29 is 17.9 Å². The molecule has 3 atom stereocenters. The van der Waals surface area contributed by atoms with Crippen LogP contribution in [0.5, 0.6) is 0 Å². The third kappa shape index (κ3) is 5.28. The lowest BCUT2D eigenvalue weighted by Crippen LogP contribution is -2.54.